The number of anilines is 1. The van der Waals surface area contributed by atoms with Gasteiger partial charge in [0.05, 0.1) is 29.0 Å². The van der Waals surface area contributed by atoms with Crippen molar-refractivity contribution in [2.75, 3.05) is 38.1 Å². The number of aromatic nitrogens is 4. The molecular formula is C19H21N7O2. The van der Waals surface area contributed by atoms with Crippen molar-refractivity contribution >= 4 is 28.7 Å². The van der Waals surface area contributed by atoms with Crippen LogP contribution in [0, 0.1) is 6.92 Å². The van der Waals surface area contributed by atoms with Crippen molar-refractivity contribution in [2.24, 2.45) is 0 Å². The van der Waals surface area contributed by atoms with E-state index in [0.717, 1.165) is 29.1 Å². The van der Waals surface area contributed by atoms with Crippen molar-refractivity contribution in [3.05, 3.63) is 42.0 Å². The maximum absolute atomic E-state index is 12.8. The fourth-order valence-corrected chi connectivity index (χ4v) is 3.80. The lowest BCUT2D eigenvalue weighted by Crippen LogP contribution is -2.50. The minimum absolute atomic E-state index is 0.00519. The number of amides is 3. The maximum Gasteiger partial charge on any atom is 0.324 e. The van der Waals surface area contributed by atoms with Gasteiger partial charge in [0.25, 0.3) is 5.91 Å². The van der Waals surface area contributed by atoms with Gasteiger partial charge in [0, 0.05) is 45.0 Å². The van der Waals surface area contributed by atoms with Crippen molar-refractivity contribution in [2.45, 2.75) is 13.0 Å². The number of aromatic amines is 1. The first-order valence-corrected chi connectivity index (χ1v) is 9.32. The zero-order chi connectivity index (χ0) is 19.4. The van der Waals surface area contributed by atoms with Gasteiger partial charge in [-0.25, -0.2) is 9.78 Å². The number of urea groups is 1. The molecule has 5 rings (SSSR count). The molecule has 2 fully saturated rings. The molecule has 3 aromatic rings. The summed E-state index contributed by atoms with van der Waals surface area (Å²) in [5.41, 5.74) is 3.19. The van der Waals surface area contributed by atoms with E-state index in [9.17, 15) is 9.59 Å². The second-order valence-electron chi connectivity index (χ2n) is 7.45. The van der Waals surface area contributed by atoms with Crippen LogP contribution in [-0.4, -0.2) is 74.7 Å². The summed E-state index contributed by atoms with van der Waals surface area (Å²) in [6, 6.07) is 5.67. The second-order valence-corrected chi connectivity index (χ2v) is 7.45. The first-order valence-electron chi connectivity index (χ1n) is 9.32. The van der Waals surface area contributed by atoms with Crippen LogP contribution in [0.15, 0.2) is 30.6 Å². The van der Waals surface area contributed by atoms with Gasteiger partial charge in [-0.2, -0.15) is 5.10 Å². The third-order valence-corrected chi connectivity index (χ3v) is 5.49. The SMILES string of the molecule is Cc1nc2ccc(C(=O)N3CC(n4cc(N5CCN(C)C5=O)cn4)C3)cc2[nH]1. The predicted octanol–water partition coefficient (Wildman–Crippen LogP) is 1.64. The number of aryl methyl sites for hydroxylation is 1. The molecule has 1 aromatic carbocycles. The second kappa shape index (κ2) is 6.08. The number of H-pyrrole nitrogens is 1. The zero-order valence-electron chi connectivity index (χ0n) is 15.8. The Morgan fingerprint density at radius 1 is 1.25 bits per heavy atom. The number of carbonyl (C=O) groups excluding carboxylic acids is 2. The van der Waals surface area contributed by atoms with Crippen LogP contribution in [0.5, 0.6) is 0 Å². The number of fused-ring (bicyclic) bond motifs is 1. The summed E-state index contributed by atoms with van der Waals surface area (Å²) in [7, 11) is 1.80. The monoisotopic (exact) mass is 379 g/mol. The summed E-state index contributed by atoms with van der Waals surface area (Å²) >= 11 is 0. The average molecular weight is 379 g/mol. The van der Waals surface area contributed by atoms with Gasteiger partial charge in [0.15, 0.2) is 0 Å². The normalized spacial score (nSPS) is 17.6. The van der Waals surface area contributed by atoms with Crippen LogP contribution in [0.3, 0.4) is 0 Å². The maximum atomic E-state index is 12.8. The predicted molar refractivity (Wildman–Crippen MR) is 103 cm³/mol. The van der Waals surface area contributed by atoms with Crippen LogP contribution >= 0.6 is 0 Å². The lowest BCUT2D eigenvalue weighted by atomic mass is 10.1. The summed E-state index contributed by atoms with van der Waals surface area (Å²) < 4.78 is 1.85. The van der Waals surface area contributed by atoms with Crippen LogP contribution in [0.4, 0.5) is 10.5 Å². The Morgan fingerprint density at radius 2 is 2.07 bits per heavy atom. The molecule has 9 nitrogen and oxygen atoms in total. The van der Waals surface area contributed by atoms with Crippen LogP contribution in [0.25, 0.3) is 11.0 Å². The molecule has 0 spiro atoms. The number of imidazole rings is 1. The summed E-state index contributed by atoms with van der Waals surface area (Å²) in [5.74, 6) is 0.843. The van der Waals surface area contributed by atoms with Crippen LogP contribution in [0.2, 0.25) is 0 Å². The average Bonchev–Trinajstić information content (AvgIpc) is 3.32. The number of benzene rings is 1. The van der Waals surface area contributed by atoms with Crippen molar-refractivity contribution in [1.82, 2.24) is 29.5 Å². The lowest BCUT2D eigenvalue weighted by molar-refractivity contribution is 0.0502. The molecule has 0 aliphatic carbocycles. The van der Waals surface area contributed by atoms with E-state index < -0.39 is 0 Å². The number of rotatable bonds is 3. The molecule has 0 saturated carbocycles. The summed E-state index contributed by atoms with van der Waals surface area (Å²) in [5, 5.41) is 4.41. The quantitative estimate of drug-likeness (QED) is 0.749. The molecule has 0 radical (unpaired) electrons. The molecule has 4 heterocycles. The third kappa shape index (κ3) is 2.62. The van der Waals surface area contributed by atoms with Crippen molar-refractivity contribution in [3.8, 4) is 0 Å². The Bertz CT molecular complexity index is 1080. The molecule has 9 heteroatoms. The molecule has 2 aliphatic heterocycles. The number of nitrogens with zero attached hydrogens (tertiary/aromatic N) is 6. The number of nitrogens with one attached hydrogen (secondary N) is 1. The number of likely N-dealkylation sites (tertiary alicyclic amines) is 1. The van der Waals surface area contributed by atoms with Gasteiger partial charge in [0.1, 0.15) is 5.82 Å². The topological polar surface area (TPSA) is 90.4 Å². The van der Waals surface area contributed by atoms with Crippen LogP contribution < -0.4 is 4.90 Å². The summed E-state index contributed by atoms with van der Waals surface area (Å²) in [6.07, 6.45) is 3.61. The Kier molecular flexibility index (Phi) is 3.65. The number of hydrogen-bond donors (Lipinski definition) is 1. The van der Waals surface area contributed by atoms with Gasteiger partial charge in [-0.1, -0.05) is 0 Å². The van der Waals surface area contributed by atoms with Crippen molar-refractivity contribution in [3.63, 3.8) is 0 Å². The molecule has 0 bridgehead atoms. The Labute approximate surface area is 161 Å². The van der Waals surface area contributed by atoms with E-state index in [0.29, 0.717) is 25.2 Å². The van der Waals surface area contributed by atoms with Gasteiger partial charge in [-0.15, -0.1) is 0 Å². The Balaban J connectivity index is 1.25. The molecule has 3 amide bonds. The van der Waals surface area contributed by atoms with E-state index in [1.54, 1.807) is 23.0 Å². The molecule has 144 valence electrons. The molecule has 28 heavy (non-hydrogen) atoms. The highest BCUT2D eigenvalue weighted by atomic mass is 16.2. The standard InChI is InChI=1S/C19H21N7O2/c1-12-21-16-4-3-13(7-17(16)22-12)18(27)24-9-15(10-24)26-11-14(8-20-26)25-6-5-23(2)19(25)28/h3-4,7-8,11,15H,5-6,9-10H2,1-2H3,(H,21,22). The fourth-order valence-electron chi connectivity index (χ4n) is 3.80. The number of hydrogen-bond acceptors (Lipinski definition) is 4. The molecule has 1 N–H and O–H groups in total. The minimum atomic E-state index is -0.00519. The smallest absolute Gasteiger partial charge is 0.324 e. The molecule has 2 aliphatic rings. The van der Waals surface area contributed by atoms with Gasteiger partial charge in [-0.3, -0.25) is 14.4 Å². The number of carbonyl (C=O) groups is 2. The highest BCUT2D eigenvalue weighted by Crippen LogP contribution is 2.26. The van der Waals surface area contributed by atoms with Crippen molar-refractivity contribution < 1.29 is 9.59 Å². The highest BCUT2D eigenvalue weighted by Gasteiger charge is 2.34. The summed E-state index contributed by atoms with van der Waals surface area (Å²) in [4.78, 5) is 37.6. The largest absolute Gasteiger partial charge is 0.342 e. The minimum Gasteiger partial charge on any atom is -0.342 e. The van der Waals surface area contributed by atoms with E-state index in [2.05, 4.69) is 15.1 Å². The van der Waals surface area contributed by atoms with E-state index >= 15 is 0 Å². The molecule has 2 saturated heterocycles. The van der Waals surface area contributed by atoms with Gasteiger partial charge < -0.3 is 14.8 Å². The van der Waals surface area contributed by atoms with Gasteiger partial charge >= 0.3 is 6.03 Å². The molecule has 2 aromatic heterocycles. The van der Waals surface area contributed by atoms with E-state index in [1.807, 2.05) is 40.9 Å². The van der Waals surface area contributed by atoms with Gasteiger partial charge in [-0.05, 0) is 25.1 Å². The highest BCUT2D eigenvalue weighted by molar-refractivity contribution is 5.98. The van der Waals surface area contributed by atoms with Crippen LogP contribution in [0.1, 0.15) is 22.2 Å². The van der Waals surface area contributed by atoms with Crippen molar-refractivity contribution in [1.29, 1.82) is 0 Å². The Morgan fingerprint density at radius 3 is 2.82 bits per heavy atom. The fraction of sp³-hybridized carbons (Fsp3) is 0.368. The number of likely N-dealkylation sites (N-methyl/N-ethyl adjacent to an activating group) is 1. The third-order valence-electron chi connectivity index (χ3n) is 5.49. The van der Waals surface area contributed by atoms with E-state index in [4.69, 9.17) is 0 Å². The first kappa shape index (κ1) is 16.8. The summed E-state index contributed by atoms with van der Waals surface area (Å²) in [6.45, 7) is 4.50. The van der Waals surface area contributed by atoms with Crippen LogP contribution in [-0.2, 0) is 0 Å². The zero-order valence-corrected chi connectivity index (χ0v) is 15.8. The Hall–Kier alpha value is -3.36. The molecule has 0 atom stereocenters. The van der Waals surface area contributed by atoms with Gasteiger partial charge in [0.2, 0.25) is 0 Å². The van der Waals surface area contributed by atoms with E-state index in [-0.39, 0.29) is 18.0 Å². The van der Waals surface area contributed by atoms with E-state index in [1.165, 1.54) is 0 Å². The molecule has 0 unspecified atom stereocenters. The lowest BCUT2D eigenvalue weighted by Gasteiger charge is -2.39. The first-order chi connectivity index (χ1) is 13.5. The molecular weight excluding hydrogens is 358 g/mol.